The van der Waals surface area contributed by atoms with E-state index in [2.05, 4.69) is 17.4 Å². The van der Waals surface area contributed by atoms with E-state index in [1.807, 2.05) is 60.7 Å². The lowest BCUT2D eigenvalue weighted by Gasteiger charge is -2.13. The van der Waals surface area contributed by atoms with Gasteiger partial charge in [-0.15, -0.1) is 0 Å². The molecule has 0 saturated carbocycles. The van der Waals surface area contributed by atoms with E-state index < -0.39 is 0 Å². The van der Waals surface area contributed by atoms with Gasteiger partial charge >= 0.3 is 0 Å². The lowest BCUT2D eigenvalue weighted by Crippen LogP contribution is -2.23. The van der Waals surface area contributed by atoms with Crippen molar-refractivity contribution in [1.82, 2.24) is 5.32 Å². The van der Waals surface area contributed by atoms with Crippen LogP contribution in [0.3, 0.4) is 0 Å². The first kappa shape index (κ1) is 22.4. The summed E-state index contributed by atoms with van der Waals surface area (Å²) in [5.41, 5.74) is 4.46. The molecule has 0 saturated heterocycles. The number of hydrogen-bond acceptors (Lipinski definition) is 3. The molecule has 5 heteroatoms. The topological polar surface area (TPSA) is 47.6 Å². The lowest BCUT2D eigenvalue weighted by atomic mass is 10.1. The maximum absolute atomic E-state index is 12.7. The molecular formula is C28H24ClNO3. The molecule has 1 amide bonds. The number of carbonyl (C=O) groups excluding carboxylic acids is 1. The van der Waals surface area contributed by atoms with Gasteiger partial charge in [0.15, 0.2) is 0 Å². The Kier molecular flexibility index (Phi) is 7.28. The van der Waals surface area contributed by atoms with Crippen LogP contribution in [0, 0.1) is 0 Å². The van der Waals surface area contributed by atoms with Crippen molar-refractivity contribution >= 4 is 17.5 Å². The van der Waals surface area contributed by atoms with Crippen LogP contribution in [0.1, 0.15) is 21.5 Å². The Morgan fingerprint density at radius 3 is 2.24 bits per heavy atom. The van der Waals surface area contributed by atoms with Crippen LogP contribution < -0.4 is 14.8 Å². The summed E-state index contributed by atoms with van der Waals surface area (Å²) < 4.78 is 11.4. The van der Waals surface area contributed by atoms with Crippen molar-refractivity contribution in [2.45, 2.75) is 13.2 Å². The molecule has 4 aromatic carbocycles. The molecule has 166 valence electrons. The average Bonchev–Trinajstić information content (AvgIpc) is 2.87. The highest BCUT2D eigenvalue weighted by molar-refractivity contribution is 6.31. The molecule has 0 spiro atoms. The van der Waals surface area contributed by atoms with Gasteiger partial charge in [0.25, 0.3) is 5.91 Å². The summed E-state index contributed by atoms with van der Waals surface area (Å²) >= 11 is 6.18. The van der Waals surface area contributed by atoms with Gasteiger partial charge in [0.2, 0.25) is 0 Å². The van der Waals surface area contributed by atoms with Gasteiger partial charge in [-0.2, -0.15) is 0 Å². The molecule has 0 fully saturated rings. The minimum atomic E-state index is -0.189. The third-order valence-electron chi connectivity index (χ3n) is 5.30. The Morgan fingerprint density at radius 2 is 1.52 bits per heavy atom. The van der Waals surface area contributed by atoms with Crippen LogP contribution in [0.2, 0.25) is 5.02 Å². The zero-order valence-electron chi connectivity index (χ0n) is 18.3. The first-order valence-corrected chi connectivity index (χ1v) is 11.0. The maximum Gasteiger partial charge on any atom is 0.251 e. The van der Waals surface area contributed by atoms with E-state index in [0.29, 0.717) is 22.9 Å². The number of halogens is 1. The third kappa shape index (κ3) is 5.73. The van der Waals surface area contributed by atoms with E-state index in [9.17, 15) is 4.79 Å². The van der Waals surface area contributed by atoms with Crippen LogP contribution in [-0.4, -0.2) is 13.0 Å². The summed E-state index contributed by atoms with van der Waals surface area (Å²) in [6.45, 7) is 0.629. The summed E-state index contributed by atoms with van der Waals surface area (Å²) in [6, 6.07) is 30.9. The highest BCUT2D eigenvalue weighted by atomic mass is 35.5. The molecule has 0 aliphatic rings. The second-order valence-electron chi connectivity index (χ2n) is 7.48. The van der Waals surface area contributed by atoms with E-state index >= 15 is 0 Å². The summed E-state index contributed by atoms with van der Waals surface area (Å²) in [4.78, 5) is 12.7. The van der Waals surface area contributed by atoms with Crippen LogP contribution in [0.15, 0.2) is 97.1 Å². The van der Waals surface area contributed by atoms with E-state index in [1.54, 1.807) is 31.4 Å². The third-order valence-corrected chi connectivity index (χ3v) is 5.66. The van der Waals surface area contributed by atoms with Gasteiger partial charge in [-0.25, -0.2) is 0 Å². The zero-order valence-corrected chi connectivity index (χ0v) is 19.0. The second-order valence-corrected chi connectivity index (χ2v) is 7.89. The van der Waals surface area contributed by atoms with Gasteiger partial charge < -0.3 is 14.8 Å². The molecule has 33 heavy (non-hydrogen) atoms. The smallest absolute Gasteiger partial charge is 0.251 e. The first-order valence-electron chi connectivity index (χ1n) is 10.6. The minimum absolute atomic E-state index is 0.189. The first-order chi connectivity index (χ1) is 16.1. The predicted molar refractivity (Wildman–Crippen MR) is 132 cm³/mol. The summed E-state index contributed by atoms with van der Waals surface area (Å²) in [5.74, 6) is 1.22. The number of amides is 1. The Balaban J connectivity index is 1.42. The quantitative estimate of drug-likeness (QED) is 0.327. The van der Waals surface area contributed by atoms with E-state index in [4.69, 9.17) is 21.1 Å². The molecule has 0 aliphatic heterocycles. The van der Waals surface area contributed by atoms with Crippen LogP contribution in [0.5, 0.6) is 11.5 Å². The van der Waals surface area contributed by atoms with Crippen molar-refractivity contribution in [3.8, 4) is 22.6 Å². The molecule has 0 unspecified atom stereocenters. The Hall–Kier alpha value is -3.76. The highest BCUT2D eigenvalue weighted by Gasteiger charge is 2.12. The van der Waals surface area contributed by atoms with Crippen molar-refractivity contribution in [1.29, 1.82) is 0 Å². The number of carbonyl (C=O) groups is 1. The monoisotopic (exact) mass is 457 g/mol. The van der Waals surface area contributed by atoms with Crippen molar-refractivity contribution in [3.05, 3.63) is 119 Å². The number of benzene rings is 4. The lowest BCUT2D eigenvalue weighted by molar-refractivity contribution is 0.0950. The molecule has 0 heterocycles. The molecule has 4 aromatic rings. The predicted octanol–water partition coefficient (Wildman–Crippen LogP) is 6.52. The molecule has 4 rings (SSSR count). The number of hydrogen-bond donors (Lipinski definition) is 1. The van der Waals surface area contributed by atoms with E-state index in [-0.39, 0.29) is 12.5 Å². The van der Waals surface area contributed by atoms with E-state index in [0.717, 1.165) is 28.0 Å². The fourth-order valence-corrected chi connectivity index (χ4v) is 3.69. The number of nitrogens with one attached hydrogen (secondary N) is 1. The standard InChI is InChI=1S/C28H24ClNO3/c1-32-27-16-13-22(28(31)30-18-23-9-5-6-10-26(23)29)17-24(27)19-33-25-14-11-21(12-15-25)20-7-3-2-4-8-20/h2-17H,18-19H2,1H3,(H,30,31). The molecular weight excluding hydrogens is 434 g/mol. The molecule has 1 N–H and O–H groups in total. The fourth-order valence-electron chi connectivity index (χ4n) is 3.49. The van der Waals surface area contributed by atoms with Crippen molar-refractivity contribution in [2.75, 3.05) is 7.11 Å². The van der Waals surface area contributed by atoms with Crippen LogP contribution in [0.4, 0.5) is 0 Å². The molecule has 0 radical (unpaired) electrons. The molecule has 4 nitrogen and oxygen atoms in total. The van der Waals surface area contributed by atoms with Gasteiger partial charge in [0, 0.05) is 22.7 Å². The van der Waals surface area contributed by atoms with Gasteiger partial charge in [-0.05, 0) is 53.1 Å². The highest BCUT2D eigenvalue weighted by Crippen LogP contribution is 2.25. The summed E-state index contributed by atoms with van der Waals surface area (Å²) in [5, 5.41) is 3.54. The van der Waals surface area contributed by atoms with Crippen LogP contribution in [-0.2, 0) is 13.2 Å². The Bertz CT molecular complexity index is 1220. The number of ether oxygens (including phenoxy) is 2. The van der Waals surface area contributed by atoms with Crippen molar-refractivity contribution < 1.29 is 14.3 Å². The zero-order chi connectivity index (χ0) is 23.0. The molecule has 0 bridgehead atoms. The van der Waals surface area contributed by atoms with Crippen molar-refractivity contribution in [3.63, 3.8) is 0 Å². The average molecular weight is 458 g/mol. The van der Waals surface area contributed by atoms with E-state index in [1.165, 1.54) is 0 Å². The summed E-state index contributed by atoms with van der Waals surface area (Å²) in [6.07, 6.45) is 0. The summed E-state index contributed by atoms with van der Waals surface area (Å²) in [7, 11) is 1.60. The normalized spacial score (nSPS) is 10.5. The van der Waals surface area contributed by atoms with Gasteiger partial charge in [-0.3, -0.25) is 4.79 Å². The minimum Gasteiger partial charge on any atom is -0.496 e. The van der Waals surface area contributed by atoms with Gasteiger partial charge in [0.05, 0.1) is 7.11 Å². The molecule has 0 atom stereocenters. The number of rotatable bonds is 8. The Morgan fingerprint density at radius 1 is 0.818 bits per heavy atom. The second kappa shape index (κ2) is 10.7. The van der Waals surface area contributed by atoms with Crippen molar-refractivity contribution in [2.24, 2.45) is 0 Å². The fraction of sp³-hybridized carbons (Fsp3) is 0.107. The molecule has 0 aliphatic carbocycles. The van der Waals surface area contributed by atoms with Gasteiger partial charge in [-0.1, -0.05) is 72.3 Å². The van der Waals surface area contributed by atoms with Gasteiger partial charge in [0.1, 0.15) is 18.1 Å². The number of methoxy groups -OCH3 is 1. The SMILES string of the molecule is COc1ccc(C(=O)NCc2ccccc2Cl)cc1COc1ccc(-c2ccccc2)cc1. The van der Waals surface area contributed by atoms with Crippen LogP contribution >= 0.6 is 11.6 Å². The maximum atomic E-state index is 12.7. The van der Waals surface area contributed by atoms with Crippen LogP contribution in [0.25, 0.3) is 11.1 Å². The largest absolute Gasteiger partial charge is 0.496 e. The Labute approximate surface area is 198 Å². The molecule has 0 aromatic heterocycles.